The number of fused-ring (bicyclic) bond motifs is 1. The normalized spacial score (nSPS) is 12.3. The molecule has 0 atom stereocenters. The number of aliphatic hydroxyl groups excluding tert-OH is 1. The van der Waals surface area contributed by atoms with Crippen molar-refractivity contribution in [2.75, 3.05) is 0 Å². The summed E-state index contributed by atoms with van der Waals surface area (Å²) in [6, 6.07) is 1.99. The topological polar surface area (TPSA) is 48.9 Å². The maximum Gasteiger partial charge on any atom is 0.0940 e. The molecule has 0 aliphatic rings. The highest BCUT2D eigenvalue weighted by Crippen LogP contribution is 2.24. The number of H-pyrrole nitrogens is 1. The number of hydrogen-bond acceptors (Lipinski definition) is 2. The maximum atomic E-state index is 9.56. The fraction of sp³-hybridized carbons (Fsp3) is 0.308. The molecule has 0 unspecified atom stereocenters. The first-order valence-electron chi connectivity index (χ1n) is 5.47. The highest BCUT2D eigenvalue weighted by Gasteiger charge is 2.08. The second-order valence-corrected chi connectivity index (χ2v) is 3.97. The third kappa shape index (κ3) is 1.69. The summed E-state index contributed by atoms with van der Waals surface area (Å²) in [5.41, 5.74) is 4.15. The van der Waals surface area contributed by atoms with Gasteiger partial charge in [0.05, 0.1) is 17.0 Å². The molecule has 0 fully saturated rings. The maximum absolute atomic E-state index is 9.56. The van der Waals surface area contributed by atoms with Crippen LogP contribution in [0.4, 0.5) is 0 Å². The van der Waals surface area contributed by atoms with Gasteiger partial charge in [0.25, 0.3) is 0 Å². The van der Waals surface area contributed by atoms with Crippen molar-refractivity contribution < 1.29 is 5.11 Å². The second-order valence-electron chi connectivity index (χ2n) is 3.97. The average molecular weight is 216 g/mol. The predicted octanol–water partition coefficient (Wildman–Crippen LogP) is 3.49. The van der Waals surface area contributed by atoms with Crippen LogP contribution in [0.5, 0.6) is 0 Å². The Morgan fingerprint density at radius 2 is 2.25 bits per heavy atom. The van der Waals surface area contributed by atoms with E-state index in [0.717, 1.165) is 22.5 Å². The summed E-state index contributed by atoms with van der Waals surface area (Å²) in [7, 11) is 0. The van der Waals surface area contributed by atoms with E-state index in [0.29, 0.717) is 12.2 Å². The van der Waals surface area contributed by atoms with E-state index in [2.05, 4.69) is 9.97 Å². The monoisotopic (exact) mass is 216 g/mol. The van der Waals surface area contributed by atoms with Crippen LogP contribution in [0.1, 0.15) is 30.3 Å². The molecule has 0 bridgehead atoms. The summed E-state index contributed by atoms with van der Waals surface area (Å²) < 4.78 is 0. The van der Waals surface area contributed by atoms with Gasteiger partial charge in [-0.25, -0.2) is 0 Å². The molecule has 0 aliphatic carbocycles. The van der Waals surface area contributed by atoms with Gasteiger partial charge in [0.15, 0.2) is 0 Å². The van der Waals surface area contributed by atoms with Crippen LogP contribution in [0.15, 0.2) is 18.0 Å². The lowest BCUT2D eigenvalue weighted by atomic mass is 10.1. The van der Waals surface area contributed by atoms with Crippen LogP contribution in [0.25, 0.3) is 17.0 Å². The van der Waals surface area contributed by atoms with Crippen molar-refractivity contribution >= 4 is 17.0 Å². The highest BCUT2D eigenvalue weighted by atomic mass is 16.3. The molecule has 84 valence electrons. The minimum atomic E-state index is 0.389. The van der Waals surface area contributed by atoms with Gasteiger partial charge in [0.2, 0.25) is 0 Å². The minimum absolute atomic E-state index is 0.389. The Morgan fingerprint density at radius 1 is 1.50 bits per heavy atom. The molecule has 0 spiro atoms. The van der Waals surface area contributed by atoms with E-state index in [4.69, 9.17) is 0 Å². The Hall–Kier alpha value is -1.77. The van der Waals surface area contributed by atoms with Gasteiger partial charge in [-0.1, -0.05) is 6.92 Å². The van der Waals surface area contributed by atoms with Crippen LogP contribution in [-0.4, -0.2) is 15.1 Å². The van der Waals surface area contributed by atoms with Crippen molar-refractivity contribution in [1.29, 1.82) is 0 Å². The molecule has 2 aromatic rings. The van der Waals surface area contributed by atoms with Crippen molar-refractivity contribution in [2.45, 2.75) is 27.2 Å². The Balaban J connectivity index is 2.65. The fourth-order valence-electron chi connectivity index (χ4n) is 1.82. The largest absolute Gasteiger partial charge is 0.512 e. The predicted molar refractivity (Wildman–Crippen MR) is 66.5 cm³/mol. The number of aliphatic hydroxyl groups is 1. The summed E-state index contributed by atoms with van der Waals surface area (Å²) >= 11 is 0. The zero-order valence-electron chi connectivity index (χ0n) is 9.83. The van der Waals surface area contributed by atoms with Crippen molar-refractivity contribution in [2.24, 2.45) is 0 Å². The quantitative estimate of drug-likeness (QED) is 0.755. The molecular weight excluding hydrogens is 200 g/mol. The zero-order chi connectivity index (χ0) is 11.7. The van der Waals surface area contributed by atoms with Gasteiger partial charge in [-0.3, -0.25) is 4.98 Å². The molecule has 16 heavy (non-hydrogen) atoms. The molecule has 0 aliphatic heterocycles. The SMILES string of the molecule is CC/C(O)=C\c1[nH]c2c(C)nccc2c1C. The third-order valence-electron chi connectivity index (χ3n) is 2.88. The molecule has 0 saturated carbocycles. The molecule has 0 aromatic carbocycles. The van der Waals surface area contributed by atoms with E-state index in [1.54, 1.807) is 6.08 Å². The highest BCUT2D eigenvalue weighted by molar-refractivity contribution is 5.88. The number of aromatic nitrogens is 2. The van der Waals surface area contributed by atoms with Gasteiger partial charge in [-0.2, -0.15) is 0 Å². The summed E-state index contributed by atoms with van der Waals surface area (Å²) in [5, 5.41) is 10.7. The van der Waals surface area contributed by atoms with E-state index >= 15 is 0 Å². The molecule has 2 rings (SSSR count). The van der Waals surface area contributed by atoms with Gasteiger partial charge >= 0.3 is 0 Å². The van der Waals surface area contributed by atoms with Crippen molar-refractivity contribution in [3.63, 3.8) is 0 Å². The summed E-state index contributed by atoms with van der Waals surface area (Å²) in [6.45, 7) is 5.95. The van der Waals surface area contributed by atoms with Crippen molar-refractivity contribution in [3.8, 4) is 0 Å². The zero-order valence-corrected chi connectivity index (χ0v) is 9.83. The Morgan fingerprint density at radius 3 is 2.88 bits per heavy atom. The van der Waals surface area contributed by atoms with Crippen LogP contribution >= 0.6 is 0 Å². The smallest absolute Gasteiger partial charge is 0.0940 e. The van der Waals surface area contributed by atoms with E-state index in [1.165, 1.54) is 5.39 Å². The van der Waals surface area contributed by atoms with E-state index in [1.807, 2.05) is 33.0 Å². The van der Waals surface area contributed by atoms with E-state index in [9.17, 15) is 5.11 Å². The molecule has 0 saturated heterocycles. The fourth-order valence-corrected chi connectivity index (χ4v) is 1.82. The van der Waals surface area contributed by atoms with Crippen LogP contribution in [0.2, 0.25) is 0 Å². The van der Waals surface area contributed by atoms with Gasteiger partial charge in [0, 0.05) is 23.7 Å². The number of nitrogens with one attached hydrogen (secondary N) is 1. The molecule has 3 heteroatoms. The summed E-state index contributed by atoms with van der Waals surface area (Å²) in [4.78, 5) is 7.55. The van der Waals surface area contributed by atoms with E-state index < -0.39 is 0 Å². The second kappa shape index (κ2) is 4.00. The van der Waals surface area contributed by atoms with Gasteiger partial charge < -0.3 is 10.1 Å². The number of allylic oxidation sites excluding steroid dienone is 1. The van der Waals surface area contributed by atoms with Gasteiger partial charge in [0.1, 0.15) is 0 Å². The molecule has 2 aromatic heterocycles. The van der Waals surface area contributed by atoms with Gasteiger partial charge in [-0.05, 0) is 31.6 Å². The van der Waals surface area contributed by atoms with Gasteiger partial charge in [-0.15, -0.1) is 0 Å². The molecule has 2 heterocycles. The number of pyridine rings is 1. The molecule has 0 amide bonds. The Labute approximate surface area is 94.8 Å². The first-order chi connectivity index (χ1) is 7.63. The standard InChI is InChI=1S/C13H16N2O/c1-4-10(16)7-12-8(2)11-5-6-14-9(3)13(11)15-12/h5-7,15-16H,4H2,1-3H3/b10-7+. The van der Waals surface area contributed by atoms with Crippen LogP contribution < -0.4 is 0 Å². The molecule has 0 radical (unpaired) electrons. The first-order valence-corrected chi connectivity index (χ1v) is 5.47. The minimum Gasteiger partial charge on any atom is -0.512 e. The Bertz CT molecular complexity index is 552. The molecule has 3 nitrogen and oxygen atoms in total. The third-order valence-corrected chi connectivity index (χ3v) is 2.88. The molecule has 2 N–H and O–H groups in total. The van der Waals surface area contributed by atoms with Crippen LogP contribution in [0.3, 0.4) is 0 Å². The number of rotatable bonds is 2. The Kier molecular flexibility index (Phi) is 2.69. The van der Waals surface area contributed by atoms with Crippen LogP contribution in [0, 0.1) is 13.8 Å². The number of aryl methyl sites for hydroxylation is 2. The van der Waals surface area contributed by atoms with E-state index in [-0.39, 0.29) is 0 Å². The van der Waals surface area contributed by atoms with Crippen molar-refractivity contribution in [3.05, 3.63) is 35.0 Å². The number of nitrogens with zero attached hydrogens (tertiary/aromatic N) is 1. The lowest BCUT2D eigenvalue weighted by Gasteiger charge is -1.94. The number of aromatic amines is 1. The van der Waals surface area contributed by atoms with Crippen molar-refractivity contribution in [1.82, 2.24) is 9.97 Å². The number of hydrogen-bond donors (Lipinski definition) is 2. The molecular formula is C13H16N2O. The first kappa shape index (κ1) is 10.7. The summed E-state index contributed by atoms with van der Waals surface area (Å²) in [6.07, 6.45) is 4.24. The summed E-state index contributed by atoms with van der Waals surface area (Å²) in [5.74, 6) is 0.389. The lowest BCUT2D eigenvalue weighted by molar-refractivity contribution is 0.400. The van der Waals surface area contributed by atoms with Crippen LogP contribution in [-0.2, 0) is 0 Å². The average Bonchev–Trinajstić information content (AvgIpc) is 2.58. The lowest BCUT2D eigenvalue weighted by Crippen LogP contribution is -1.81.